The number of rotatable bonds is 5. The van der Waals surface area contributed by atoms with Gasteiger partial charge < -0.3 is 20.9 Å². The number of nitrogens with zero attached hydrogens (tertiary/aromatic N) is 1. The third kappa shape index (κ3) is 6.00. The molecule has 0 fully saturated rings. The Kier molecular flexibility index (Phi) is 6.88. The Balaban J connectivity index is 1.89. The van der Waals surface area contributed by atoms with Gasteiger partial charge in [-0.05, 0) is 69.9 Å². The molecule has 166 valence electrons. The average molecular weight is 423 g/mol. The maximum absolute atomic E-state index is 13.1. The van der Waals surface area contributed by atoms with Gasteiger partial charge in [-0.15, -0.1) is 0 Å². The van der Waals surface area contributed by atoms with Gasteiger partial charge in [-0.3, -0.25) is 4.79 Å². The number of hydrogen-bond acceptors (Lipinski definition) is 3. The number of carbonyl (C=O) groups excluding carboxylic acids is 2. The number of amides is 3. The molecule has 0 radical (unpaired) electrons. The van der Waals surface area contributed by atoms with Gasteiger partial charge in [0.25, 0.3) is 5.91 Å². The summed E-state index contributed by atoms with van der Waals surface area (Å²) in [6, 6.07) is 13.8. The van der Waals surface area contributed by atoms with Crippen LogP contribution >= 0.6 is 0 Å². The Morgan fingerprint density at radius 2 is 1.81 bits per heavy atom. The fraction of sp³-hybridized carbons (Fsp3) is 0.440. The average Bonchev–Trinajstić information content (AvgIpc) is 2.71. The summed E-state index contributed by atoms with van der Waals surface area (Å²) < 4.78 is 0. The predicted molar refractivity (Wildman–Crippen MR) is 127 cm³/mol. The molecule has 0 saturated heterocycles. The Morgan fingerprint density at radius 1 is 1.10 bits per heavy atom. The first-order valence-corrected chi connectivity index (χ1v) is 11.0. The molecule has 6 heteroatoms. The fourth-order valence-electron chi connectivity index (χ4n) is 3.68. The third-order valence-electron chi connectivity index (χ3n) is 5.45. The molecular formula is C25H34N4O2. The van der Waals surface area contributed by atoms with Crippen molar-refractivity contribution in [1.29, 1.82) is 0 Å². The molecule has 0 bridgehead atoms. The van der Waals surface area contributed by atoms with Crippen molar-refractivity contribution in [2.75, 3.05) is 16.8 Å². The minimum Gasteiger partial charge on any atom is -0.366 e. The van der Waals surface area contributed by atoms with Crippen LogP contribution in [0.5, 0.6) is 0 Å². The van der Waals surface area contributed by atoms with Gasteiger partial charge >= 0.3 is 6.03 Å². The maximum Gasteiger partial charge on any atom is 0.319 e. The van der Waals surface area contributed by atoms with E-state index < -0.39 is 0 Å². The number of carbonyl (C=O) groups is 2. The smallest absolute Gasteiger partial charge is 0.319 e. The van der Waals surface area contributed by atoms with Crippen LogP contribution in [0.2, 0.25) is 0 Å². The van der Waals surface area contributed by atoms with Crippen LogP contribution < -0.4 is 20.9 Å². The first-order chi connectivity index (χ1) is 14.7. The quantitative estimate of drug-likeness (QED) is 0.654. The van der Waals surface area contributed by atoms with Crippen LogP contribution in [0, 0.1) is 0 Å². The first kappa shape index (κ1) is 22.7. The molecule has 1 aliphatic heterocycles. The molecule has 1 heterocycles. The van der Waals surface area contributed by atoms with Gasteiger partial charge in [0.1, 0.15) is 0 Å². The molecule has 0 aromatic heterocycles. The van der Waals surface area contributed by atoms with Crippen LogP contribution in [-0.4, -0.2) is 30.1 Å². The molecule has 0 saturated carbocycles. The number of hydrogen-bond donors (Lipinski definition) is 3. The monoisotopic (exact) mass is 422 g/mol. The summed E-state index contributed by atoms with van der Waals surface area (Å²) in [6.45, 7) is 11.4. The molecule has 1 atom stereocenters. The largest absolute Gasteiger partial charge is 0.366 e. The number of nitrogens with one attached hydrogen (secondary N) is 3. The molecule has 3 rings (SSSR count). The van der Waals surface area contributed by atoms with E-state index in [9.17, 15) is 9.59 Å². The van der Waals surface area contributed by atoms with E-state index in [1.807, 2.05) is 46.8 Å². The summed E-state index contributed by atoms with van der Waals surface area (Å²) in [7, 11) is 0. The zero-order chi connectivity index (χ0) is 22.6. The zero-order valence-electron chi connectivity index (χ0n) is 19.2. The molecule has 6 nitrogen and oxygen atoms in total. The van der Waals surface area contributed by atoms with Crippen molar-refractivity contribution in [3.8, 4) is 0 Å². The Morgan fingerprint density at radius 3 is 2.48 bits per heavy atom. The van der Waals surface area contributed by atoms with E-state index in [0.717, 1.165) is 31.6 Å². The second-order valence-electron chi connectivity index (χ2n) is 9.28. The van der Waals surface area contributed by atoms with E-state index in [1.165, 1.54) is 11.1 Å². The standard InChI is InChI=1S/C25H34N4O2/c1-6-17(2)26-23(30)21-15-20(27-24(31)28-25(3,4)5)11-12-22(21)29-14-13-18-9-7-8-10-19(18)16-29/h7-12,15,17H,6,13-14,16H2,1-5H3,(H,26,30)(H2,27,28,31)/t17-/m0/s1. The van der Waals surface area contributed by atoms with Gasteiger partial charge in [-0.1, -0.05) is 31.2 Å². The summed E-state index contributed by atoms with van der Waals surface area (Å²) in [4.78, 5) is 27.7. The van der Waals surface area contributed by atoms with E-state index in [4.69, 9.17) is 0 Å². The zero-order valence-corrected chi connectivity index (χ0v) is 19.2. The fourth-order valence-corrected chi connectivity index (χ4v) is 3.68. The molecule has 3 N–H and O–H groups in total. The lowest BCUT2D eigenvalue weighted by atomic mass is 9.98. The van der Waals surface area contributed by atoms with Gasteiger partial charge in [-0.25, -0.2) is 4.79 Å². The van der Waals surface area contributed by atoms with Crippen molar-refractivity contribution in [2.45, 2.75) is 65.6 Å². The molecule has 1 aliphatic rings. The van der Waals surface area contributed by atoms with Gasteiger partial charge in [0, 0.05) is 36.0 Å². The van der Waals surface area contributed by atoms with Crippen molar-refractivity contribution in [3.05, 3.63) is 59.2 Å². The minimum absolute atomic E-state index is 0.0724. The maximum atomic E-state index is 13.1. The Bertz CT molecular complexity index is 949. The topological polar surface area (TPSA) is 73.5 Å². The normalized spacial score (nSPS) is 14.4. The number of anilines is 2. The molecule has 0 unspecified atom stereocenters. The van der Waals surface area contributed by atoms with E-state index in [-0.39, 0.29) is 23.5 Å². The summed E-state index contributed by atoms with van der Waals surface area (Å²) in [5, 5.41) is 8.81. The van der Waals surface area contributed by atoms with Crippen LogP contribution in [-0.2, 0) is 13.0 Å². The lowest BCUT2D eigenvalue weighted by Crippen LogP contribution is -2.43. The summed E-state index contributed by atoms with van der Waals surface area (Å²) in [6.07, 6.45) is 1.79. The van der Waals surface area contributed by atoms with Crippen molar-refractivity contribution in [3.63, 3.8) is 0 Å². The molecule has 0 aliphatic carbocycles. The molecule has 3 amide bonds. The second-order valence-corrected chi connectivity index (χ2v) is 9.28. The van der Waals surface area contributed by atoms with Crippen molar-refractivity contribution in [2.24, 2.45) is 0 Å². The molecule has 31 heavy (non-hydrogen) atoms. The van der Waals surface area contributed by atoms with Crippen molar-refractivity contribution < 1.29 is 9.59 Å². The van der Waals surface area contributed by atoms with Gasteiger partial charge in [0.15, 0.2) is 0 Å². The minimum atomic E-state index is -0.345. The van der Waals surface area contributed by atoms with Gasteiger partial charge in [0.05, 0.1) is 5.56 Å². The molecular weight excluding hydrogens is 388 g/mol. The van der Waals surface area contributed by atoms with Crippen LogP contribution in [0.25, 0.3) is 0 Å². The highest BCUT2D eigenvalue weighted by Crippen LogP contribution is 2.29. The highest BCUT2D eigenvalue weighted by Gasteiger charge is 2.23. The van der Waals surface area contributed by atoms with Crippen LogP contribution in [0.1, 0.15) is 62.5 Å². The SMILES string of the molecule is CC[C@H](C)NC(=O)c1cc(NC(=O)NC(C)(C)C)ccc1N1CCc2ccccc2C1. The van der Waals surface area contributed by atoms with Gasteiger partial charge in [-0.2, -0.15) is 0 Å². The van der Waals surface area contributed by atoms with E-state index >= 15 is 0 Å². The summed E-state index contributed by atoms with van der Waals surface area (Å²) in [5.74, 6) is -0.122. The molecule has 2 aromatic carbocycles. The number of benzene rings is 2. The van der Waals surface area contributed by atoms with Crippen molar-refractivity contribution in [1.82, 2.24) is 10.6 Å². The Labute approximate surface area is 185 Å². The summed E-state index contributed by atoms with van der Waals surface area (Å²) in [5.41, 5.74) is 4.36. The second kappa shape index (κ2) is 9.41. The first-order valence-electron chi connectivity index (χ1n) is 11.0. The number of urea groups is 1. The number of fused-ring (bicyclic) bond motifs is 1. The van der Waals surface area contributed by atoms with Crippen LogP contribution in [0.4, 0.5) is 16.2 Å². The van der Waals surface area contributed by atoms with E-state index in [1.54, 1.807) is 6.07 Å². The van der Waals surface area contributed by atoms with Crippen LogP contribution in [0.3, 0.4) is 0 Å². The third-order valence-corrected chi connectivity index (χ3v) is 5.45. The lowest BCUT2D eigenvalue weighted by Gasteiger charge is -2.32. The van der Waals surface area contributed by atoms with Crippen molar-refractivity contribution >= 4 is 23.3 Å². The van der Waals surface area contributed by atoms with E-state index in [0.29, 0.717) is 11.3 Å². The van der Waals surface area contributed by atoms with Crippen LogP contribution in [0.15, 0.2) is 42.5 Å². The Hall–Kier alpha value is -3.02. The highest BCUT2D eigenvalue weighted by molar-refractivity contribution is 6.02. The molecule has 2 aromatic rings. The lowest BCUT2D eigenvalue weighted by molar-refractivity contribution is 0.0939. The predicted octanol–water partition coefficient (Wildman–Crippen LogP) is 4.70. The summed E-state index contributed by atoms with van der Waals surface area (Å²) >= 11 is 0. The highest BCUT2D eigenvalue weighted by atomic mass is 16.2. The van der Waals surface area contributed by atoms with E-state index in [2.05, 4.69) is 45.1 Å². The van der Waals surface area contributed by atoms with Gasteiger partial charge in [0.2, 0.25) is 0 Å². The molecule has 0 spiro atoms.